The molecule has 17 heavy (non-hydrogen) atoms. The number of anilines is 1. The molecule has 0 saturated heterocycles. The molecule has 3 N–H and O–H groups in total. The van der Waals surface area contributed by atoms with Gasteiger partial charge in [0, 0.05) is 10.6 Å². The van der Waals surface area contributed by atoms with Crippen LogP contribution in [0.5, 0.6) is 0 Å². The summed E-state index contributed by atoms with van der Waals surface area (Å²) >= 11 is 0.967. The van der Waals surface area contributed by atoms with Crippen LogP contribution >= 0.6 is 11.9 Å². The van der Waals surface area contributed by atoms with Crippen LogP contribution in [0, 0.1) is 0 Å². The van der Waals surface area contributed by atoms with Gasteiger partial charge in [-0.3, -0.25) is 9.93 Å². The monoisotopic (exact) mass is 264 g/mol. The van der Waals surface area contributed by atoms with Gasteiger partial charge in [-0.1, -0.05) is 0 Å². The van der Waals surface area contributed by atoms with Gasteiger partial charge in [-0.05, 0) is 36.2 Å². The molecule has 0 radical (unpaired) electrons. The van der Waals surface area contributed by atoms with Crippen molar-refractivity contribution in [2.45, 2.75) is 11.1 Å². The summed E-state index contributed by atoms with van der Waals surface area (Å²) in [6.07, 6.45) is -4.87. The number of halogens is 3. The second-order valence-corrected chi connectivity index (χ2v) is 3.30. The van der Waals surface area contributed by atoms with Crippen LogP contribution < -0.4 is 10.5 Å². The van der Waals surface area contributed by atoms with E-state index in [0.29, 0.717) is 4.90 Å². The van der Waals surface area contributed by atoms with Gasteiger partial charge in [0.1, 0.15) is 0 Å². The lowest BCUT2D eigenvalue weighted by atomic mass is 10.3. The second-order valence-electron chi connectivity index (χ2n) is 2.59. The second kappa shape index (κ2) is 6.97. The van der Waals surface area contributed by atoms with Gasteiger partial charge >= 0.3 is 12.1 Å². The van der Waals surface area contributed by atoms with Crippen molar-refractivity contribution in [2.75, 3.05) is 5.32 Å². The van der Waals surface area contributed by atoms with Crippen molar-refractivity contribution < 1.29 is 18.0 Å². The highest BCUT2D eigenvalue weighted by Gasteiger charge is 2.38. The number of carbonyl (C=O) groups excluding carboxylic acids is 1. The minimum atomic E-state index is -4.87. The molecule has 1 rings (SSSR count). The number of rotatable bonds is 2. The van der Waals surface area contributed by atoms with Crippen LogP contribution in [0.15, 0.2) is 42.3 Å². The molecule has 94 valence electrons. The molecule has 1 aromatic carbocycles. The fourth-order valence-electron chi connectivity index (χ4n) is 0.819. The van der Waals surface area contributed by atoms with Crippen LogP contribution in [0.3, 0.4) is 0 Å². The summed E-state index contributed by atoms with van der Waals surface area (Å²) in [5.41, 5.74) is 0.0788. The standard InChI is InChI=1S/C8H7F3N2OS.C2H4/c9-8(10,11)7(14)13-5-1-3-6(15-12)4-2-5;1-2/h1-4H,12H2,(H,13,14);1-2H2. The largest absolute Gasteiger partial charge is 0.471 e. The highest BCUT2D eigenvalue weighted by Crippen LogP contribution is 2.20. The maximum atomic E-state index is 11.8. The molecule has 0 aliphatic heterocycles. The molecule has 1 aromatic rings. The van der Waals surface area contributed by atoms with E-state index in [1.807, 2.05) is 0 Å². The van der Waals surface area contributed by atoms with Gasteiger partial charge in [-0.2, -0.15) is 13.2 Å². The summed E-state index contributed by atoms with van der Waals surface area (Å²) in [5, 5.41) is 6.94. The summed E-state index contributed by atoms with van der Waals surface area (Å²) in [6, 6.07) is 5.71. The molecule has 3 nitrogen and oxygen atoms in total. The summed E-state index contributed by atoms with van der Waals surface area (Å²) in [7, 11) is 0. The maximum Gasteiger partial charge on any atom is 0.471 e. The first kappa shape index (κ1) is 15.5. The average Bonchev–Trinajstić information content (AvgIpc) is 2.31. The summed E-state index contributed by atoms with van der Waals surface area (Å²) in [5.74, 6) is -1.99. The Morgan fingerprint density at radius 1 is 1.24 bits per heavy atom. The van der Waals surface area contributed by atoms with Crippen LogP contribution in [0.2, 0.25) is 0 Å². The maximum absolute atomic E-state index is 11.8. The number of hydrogen-bond donors (Lipinski definition) is 2. The third kappa shape index (κ3) is 5.41. The normalized spacial score (nSPS) is 10.1. The smallest absolute Gasteiger partial charge is 0.318 e. The third-order valence-electron chi connectivity index (χ3n) is 1.51. The van der Waals surface area contributed by atoms with E-state index in [0.717, 1.165) is 11.9 Å². The molecule has 0 saturated carbocycles. The van der Waals surface area contributed by atoms with Gasteiger partial charge in [0.2, 0.25) is 0 Å². The summed E-state index contributed by atoms with van der Waals surface area (Å²) in [6.45, 7) is 6.00. The zero-order chi connectivity index (χ0) is 13.5. The Morgan fingerprint density at radius 3 is 2.06 bits per heavy atom. The molecule has 0 aliphatic rings. The van der Waals surface area contributed by atoms with Gasteiger partial charge < -0.3 is 5.32 Å². The minimum absolute atomic E-state index is 0.0788. The Morgan fingerprint density at radius 2 is 1.71 bits per heavy atom. The van der Waals surface area contributed by atoms with Crippen LogP contribution in [0.25, 0.3) is 0 Å². The fourth-order valence-corrected chi connectivity index (χ4v) is 1.11. The van der Waals surface area contributed by atoms with Crippen molar-refractivity contribution in [1.29, 1.82) is 0 Å². The molecule has 7 heteroatoms. The molecule has 1 amide bonds. The lowest BCUT2D eigenvalue weighted by Gasteiger charge is -2.07. The number of carbonyl (C=O) groups is 1. The molecule has 0 aromatic heterocycles. The number of nitrogens with one attached hydrogen (secondary N) is 1. The van der Waals surface area contributed by atoms with Crippen molar-refractivity contribution in [1.82, 2.24) is 0 Å². The van der Waals surface area contributed by atoms with Crippen LogP contribution in [0.4, 0.5) is 18.9 Å². The topological polar surface area (TPSA) is 55.1 Å². The van der Waals surface area contributed by atoms with E-state index < -0.39 is 12.1 Å². The molecule has 0 spiro atoms. The van der Waals surface area contributed by atoms with Gasteiger partial charge in [0.15, 0.2) is 0 Å². The number of hydrogen-bond acceptors (Lipinski definition) is 3. The molecule has 0 fully saturated rings. The Hall–Kier alpha value is -1.47. The van der Waals surface area contributed by atoms with E-state index in [1.54, 1.807) is 5.32 Å². The number of benzene rings is 1. The van der Waals surface area contributed by atoms with E-state index in [2.05, 4.69) is 13.2 Å². The Balaban J connectivity index is 0.00000121. The molecule has 0 atom stereocenters. The van der Waals surface area contributed by atoms with Gasteiger partial charge in [0.05, 0.1) is 0 Å². The van der Waals surface area contributed by atoms with E-state index >= 15 is 0 Å². The van der Waals surface area contributed by atoms with E-state index in [9.17, 15) is 18.0 Å². The van der Waals surface area contributed by atoms with Crippen molar-refractivity contribution in [3.05, 3.63) is 37.4 Å². The van der Waals surface area contributed by atoms with E-state index in [4.69, 9.17) is 5.14 Å². The molecule has 0 bridgehead atoms. The molecular weight excluding hydrogens is 253 g/mol. The summed E-state index contributed by atoms with van der Waals surface area (Å²) < 4.78 is 35.5. The average molecular weight is 264 g/mol. The molecule has 0 aliphatic carbocycles. The van der Waals surface area contributed by atoms with E-state index in [1.165, 1.54) is 24.3 Å². The zero-order valence-electron chi connectivity index (χ0n) is 8.75. The molecule has 0 unspecified atom stereocenters. The molecule has 0 heterocycles. The lowest BCUT2D eigenvalue weighted by Crippen LogP contribution is -2.29. The Bertz CT molecular complexity index is 365. The quantitative estimate of drug-likeness (QED) is 0.638. The van der Waals surface area contributed by atoms with E-state index in [-0.39, 0.29) is 5.69 Å². The molecular formula is C10H11F3N2OS. The van der Waals surface area contributed by atoms with Gasteiger partial charge in [-0.15, -0.1) is 13.2 Å². The van der Waals surface area contributed by atoms with Crippen LogP contribution in [-0.2, 0) is 4.79 Å². The number of nitrogens with two attached hydrogens (primary N) is 1. The van der Waals surface area contributed by atoms with Crippen molar-refractivity contribution >= 4 is 23.5 Å². The van der Waals surface area contributed by atoms with Crippen molar-refractivity contribution in [3.63, 3.8) is 0 Å². The highest BCUT2D eigenvalue weighted by atomic mass is 32.2. The van der Waals surface area contributed by atoms with Crippen LogP contribution in [0.1, 0.15) is 0 Å². The Kier molecular flexibility index (Phi) is 6.37. The van der Waals surface area contributed by atoms with Gasteiger partial charge in [-0.25, -0.2) is 0 Å². The minimum Gasteiger partial charge on any atom is -0.318 e. The van der Waals surface area contributed by atoms with Crippen molar-refractivity contribution in [2.24, 2.45) is 5.14 Å². The number of alkyl halides is 3. The first-order chi connectivity index (χ1) is 7.93. The third-order valence-corrected chi connectivity index (χ3v) is 2.05. The van der Waals surface area contributed by atoms with Crippen LogP contribution in [-0.4, -0.2) is 12.1 Å². The Labute approximate surface area is 101 Å². The SMILES string of the molecule is C=C.NSc1ccc(NC(=O)C(F)(F)F)cc1. The zero-order valence-corrected chi connectivity index (χ0v) is 9.57. The first-order valence-electron chi connectivity index (χ1n) is 4.28. The lowest BCUT2D eigenvalue weighted by molar-refractivity contribution is -0.167. The predicted molar refractivity (Wildman–Crippen MR) is 62.4 cm³/mol. The fraction of sp³-hybridized carbons (Fsp3) is 0.100. The van der Waals surface area contributed by atoms with Gasteiger partial charge in [0.25, 0.3) is 0 Å². The highest BCUT2D eigenvalue weighted by molar-refractivity contribution is 7.97. The summed E-state index contributed by atoms with van der Waals surface area (Å²) in [4.78, 5) is 11.2. The number of amides is 1. The predicted octanol–water partition coefficient (Wildman–Crippen LogP) is 2.96. The first-order valence-corrected chi connectivity index (χ1v) is 5.16. The van der Waals surface area contributed by atoms with Crippen molar-refractivity contribution in [3.8, 4) is 0 Å².